The van der Waals surface area contributed by atoms with E-state index in [2.05, 4.69) is 42.1 Å². The average Bonchev–Trinajstić information content (AvgIpc) is 2.95. The van der Waals surface area contributed by atoms with E-state index in [1.54, 1.807) is 0 Å². The summed E-state index contributed by atoms with van der Waals surface area (Å²) in [5.41, 5.74) is 7.89. The molecule has 2 heteroatoms. The molecule has 4 unspecified atom stereocenters. The molecule has 0 amide bonds. The van der Waals surface area contributed by atoms with Crippen LogP contribution in [-0.2, 0) is 0 Å². The SMILES string of the molecule is NC(C1CCSC1)C1CC1c1ccccc1. The van der Waals surface area contributed by atoms with Gasteiger partial charge in [-0.15, -0.1) is 0 Å². The Labute approximate surface area is 102 Å². The van der Waals surface area contributed by atoms with Crippen LogP contribution in [0.3, 0.4) is 0 Å². The van der Waals surface area contributed by atoms with Crippen molar-refractivity contribution in [1.82, 2.24) is 0 Å². The highest BCUT2D eigenvalue weighted by atomic mass is 32.2. The minimum atomic E-state index is 0.445. The van der Waals surface area contributed by atoms with Gasteiger partial charge in [0, 0.05) is 6.04 Å². The summed E-state index contributed by atoms with van der Waals surface area (Å²) in [7, 11) is 0. The number of benzene rings is 1. The fourth-order valence-corrected chi connectivity index (χ4v) is 4.26. The van der Waals surface area contributed by atoms with Gasteiger partial charge in [-0.1, -0.05) is 30.3 Å². The Morgan fingerprint density at radius 3 is 2.75 bits per heavy atom. The van der Waals surface area contributed by atoms with Gasteiger partial charge in [0.25, 0.3) is 0 Å². The van der Waals surface area contributed by atoms with E-state index in [0.29, 0.717) is 6.04 Å². The van der Waals surface area contributed by atoms with E-state index in [-0.39, 0.29) is 0 Å². The molecule has 1 saturated carbocycles. The van der Waals surface area contributed by atoms with Gasteiger partial charge in [-0.25, -0.2) is 0 Å². The molecule has 4 atom stereocenters. The van der Waals surface area contributed by atoms with Crippen molar-refractivity contribution in [3.63, 3.8) is 0 Å². The highest BCUT2D eigenvalue weighted by Gasteiger charge is 2.45. The number of hydrogen-bond donors (Lipinski definition) is 1. The van der Waals surface area contributed by atoms with Crippen LogP contribution in [0.1, 0.15) is 24.3 Å². The van der Waals surface area contributed by atoms with Gasteiger partial charge in [0.1, 0.15) is 0 Å². The van der Waals surface area contributed by atoms with Crippen LogP contribution in [0.4, 0.5) is 0 Å². The second-order valence-electron chi connectivity index (χ2n) is 5.12. The molecule has 2 N–H and O–H groups in total. The molecule has 1 nitrogen and oxygen atoms in total. The fourth-order valence-electron chi connectivity index (χ4n) is 2.93. The summed E-state index contributed by atoms with van der Waals surface area (Å²) in [6, 6.07) is 11.3. The Hall–Kier alpha value is -0.470. The van der Waals surface area contributed by atoms with E-state index in [9.17, 15) is 0 Å². The van der Waals surface area contributed by atoms with E-state index in [4.69, 9.17) is 5.73 Å². The van der Waals surface area contributed by atoms with Crippen LogP contribution in [0.25, 0.3) is 0 Å². The summed E-state index contributed by atoms with van der Waals surface area (Å²) in [4.78, 5) is 0. The lowest BCUT2D eigenvalue weighted by molar-refractivity contribution is 0.418. The van der Waals surface area contributed by atoms with Crippen LogP contribution in [-0.4, -0.2) is 17.5 Å². The predicted octanol–water partition coefficient (Wildman–Crippen LogP) is 2.87. The summed E-state index contributed by atoms with van der Waals surface area (Å²) in [6.07, 6.45) is 2.65. The first-order chi connectivity index (χ1) is 7.86. The molecule has 0 radical (unpaired) electrons. The molecule has 1 aliphatic carbocycles. The molecule has 86 valence electrons. The molecule has 1 saturated heterocycles. The van der Waals surface area contributed by atoms with Gasteiger partial charge in [-0.2, -0.15) is 11.8 Å². The molecule has 1 aromatic carbocycles. The molecule has 1 aromatic rings. The third-order valence-electron chi connectivity index (χ3n) is 4.07. The van der Waals surface area contributed by atoms with Crippen molar-refractivity contribution >= 4 is 11.8 Å². The number of nitrogens with two attached hydrogens (primary N) is 1. The summed E-state index contributed by atoms with van der Waals surface area (Å²) >= 11 is 2.07. The smallest absolute Gasteiger partial charge is 0.0110 e. The topological polar surface area (TPSA) is 26.0 Å². The predicted molar refractivity (Wildman–Crippen MR) is 70.7 cm³/mol. The van der Waals surface area contributed by atoms with Crippen molar-refractivity contribution in [3.05, 3.63) is 35.9 Å². The first kappa shape index (κ1) is 10.7. The van der Waals surface area contributed by atoms with Crippen LogP contribution in [0.15, 0.2) is 30.3 Å². The molecule has 16 heavy (non-hydrogen) atoms. The number of thioether (sulfide) groups is 1. The lowest BCUT2D eigenvalue weighted by atomic mass is 9.94. The molecule has 3 rings (SSSR count). The second-order valence-corrected chi connectivity index (χ2v) is 6.27. The Balaban J connectivity index is 1.63. The van der Waals surface area contributed by atoms with Crippen LogP contribution < -0.4 is 5.73 Å². The highest BCUT2D eigenvalue weighted by molar-refractivity contribution is 7.99. The zero-order valence-electron chi connectivity index (χ0n) is 9.51. The number of rotatable bonds is 3. The molecule has 1 heterocycles. The van der Waals surface area contributed by atoms with Crippen LogP contribution in [0, 0.1) is 11.8 Å². The highest BCUT2D eigenvalue weighted by Crippen LogP contribution is 2.51. The summed E-state index contributed by atoms with van der Waals surface area (Å²) in [6.45, 7) is 0. The Bertz CT molecular complexity index is 345. The second kappa shape index (κ2) is 4.42. The maximum Gasteiger partial charge on any atom is 0.0110 e. The zero-order valence-corrected chi connectivity index (χ0v) is 10.3. The largest absolute Gasteiger partial charge is 0.327 e. The van der Waals surface area contributed by atoms with E-state index < -0.39 is 0 Å². The minimum Gasteiger partial charge on any atom is -0.327 e. The Morgan fingerprint density at radius 1 is 1.25 bits per heavy atom. The minimum absolute atomic E-state index is 0.445. The lowest BCUT2D eigenvalue weighted by Crippen LogP contribution is -2.32. The van der Waals surface area contributed by atoms with Crippen molar-refractivity contribution in [2.24, 2.45) is 17.6 Å². The van der Waals surface area contributed by atoms with E-state index >= 15 is 0 Å². The van der Waals surface area contributed by atoms with Gasteiger partial charge < -0.3 is 5.73 Å². The van der Waals surface area contributed by atoms with Crippen molar-refractivity contribution in [2.45, 2.75) is 24.8 Å². The van der Waals surface area contributed by atoms with Crippen molar-refractivity contribution in [2.75, 3.05) is 11.5 Å². The molecule has 0 spiro atoms. The van der Waals surface area contributed by atoms with Crippen LogP contribution in [0.2, 0.25) is 0 Å². The molecule has 0 bridgehead atoms. The molecule has 2 aliphatic rings. The quantitative estimate of drug-likeness (QED) is 0.868. The van der Waals surface area contributed by atoms with Gasteiger partial charge in [0.15, 0.2) is 0 Å². The van der Waals surface area contributed by atoms with Crippen LogP contribution in [0.5, 0.6) is 0 Å². The van der Waals surface area contributed by atoms with E-state index in [1.165, 1.54) is 29.9 Å². The van der Waals surface area contributed by atoms with Crippen molar-refractivity contribution in [1.29, 1.82) is 0 Å². The first-order valence-electron chi connectivity index (χ1n) is 6.24. The van der Waals surface area contributed by atoms with Gasteiger partial charge in [-0.05, 0) is 47.7 Å². The normalized spacial score (nSPS) is 34.9. The monoisotopic (exact) mass is 233 g/mol. The average molecular weight is 233 g/mol. The number of hydrogen-bond acceptors (Lipinski definition) is 2. The third-order valence-corrected chi connectivity index (χ3v) is 5.26. The van der Waals surface area contributed by atoms with E-state index in [0.717, 1.165) is 17.8 Å². The summed E-state index contributed by atoms with van der Waals surface area (Å²) in [5.74, 6) is 4.90. The molecule has 0 aromatic heterocycles. The fraction of sp³-hybridized carbons (Fsp3) is 0.571. The summed E-state index contributed by atoms with van der Waals surface area (Å²) in [5, 5.41) is 0. The summed E-state index contributed by atoms with van der Waals surface area (Å²) < 4.78 is 0. The van der Waals surface area contributed by atoms with Gasteiger partial charge >= 0.3 is 0 Å². The van der Waals surface area contributed by atoms with Crippen molar-refractivity contribution < 1.29 is 0 Å². The van der Waals surface area contributed by atoms with E-state index in [1.807, 2.05) is 0 Å². The molecule has 2 fully saturated rings. The zero-order chi connectivity index (χ0) is 11.0. The molecule has 1 aliphatic heterocycles. The van der Waals surface area contributed by atoms with Gasteiger partial charge in [-0.3, -0.25) is 0 Å². The standard InChI is InChI=1S/C14H19NS/c15-14(11-6-7-16-9-11)13-8-12(13)10-4-2-1-3-5-10/h1-5,11-14H,6-9,15H2. The Kier molecular flexibility index (Phi) is 2.95. The third kappa shape index (κ3) is 2.01. The van der Waals surface area contributed by atoms with Gasteiger partial charge in [0.2, 0.25) is 0 Å². The van der Waals surface area contributed by atoms with Crippen LogP contribution >= 0.6 is 11.8 Å². The molecular formula is C14H19NS. The first-order valence-corrected chi connectivity index (χ1v) is 7.40. The van der Waals surface area contributed by atoms with Crippen molar-refractivity contribution in [3.8, 4) is 0 Å². The molecular weight excluding hydrogens is 214 g/mol. The maximum absolute atomic E-state index is 6.40. The maximum atomic E-state index is 6.40. The lowest BCUT2D eigenvalue weighted by Gasteiger charge is -2.18. The Morgan fingerprint density at radius 2 is 2.06 bits per heavy atom. The van der Waals surface area contributed by atoms with Gasteiger partial charge in [0.05, 0.1) is 0 Å².